The lowest BCUT2D eigenvalue weighted by Crippen LogP contribution is -2.03. The summed E-state index contributed by atoms with van der Waals surface area (Å²) >= 11 is 0. The van der Waals surface area contributed by atoms with Crippen LogP contribution in [0, 0.1) is 0 Å². The zero-order chi connectivity index (χ0) is 13.7. The van der Waals surface area contributed by atoms with E-state index in [-0.39, 0.29) is 0 Å². The molecule has 0 bridgehead atoms. The van der Waals surface area contributed by atoms with Crippen molar-refractivity contribution in [2.75, 3.05) is 7.11 Å². The monoisotopic (exact) mass is 258 g/mol. The maximum absolute atomic E-state index is 9.79. The third kappa shape index (κ3) is 3.26. The molecule has 2 aromatic carbocycles. The molecular formula is C16H18O3. The third-order valence-electron chi connectivity index (χ3n) is 2.91. The highest BCUT2D eigenvalue weighted by atomic mass is 16.5. The summed E-state index contributed by atoms with van der Waals surface area (Å²) in [7, 11) is 1.59. The summed E-state index contributed by atoms with van der Waals surface area (Å²) in [5.41, 5.74) is 1.81. The topological polar surface area (TPSA) is 38.7 Å². The van der Waals surface area contributed by atoms with Gasteiger partial charge in [-0.3, -0.25) is 0 Å². The predicted octanol–water partition coefficient (Wildman–Crippen LogP) is 3.33. The van der Waals surface area contributed by atoms with Crippen LogP contribution in [-0.4, -0.2) is 12.2 Å². The van der Waals surface area contributed by atoms with Crippen LogP contribution < -0.4 is 9.47 Å². The van der Waals surface area contributed by atoms with Crippen molar-refractivity contribution in [1.29, 1.82) is 0 Å². The third-order valence-corrected chi connectivity index (χ3v) is 2.91. The zero-order valence-electron chi connectivity index (χ0n) is 11.2. The molecule has 1 unspecified atom stereocenters. The number of ether oxygens (including phenoxy) is 2. The van der Waals surface area contributed by atoms with Crippen LogP contribution in [0.4, 0.5) is 0 Å². The number of aliphatic hydroxyl groups is 1. The predicted molar refractivity (Wildman–Crippen MR) is 74.4 cm³/mol. The van der Waals surface area contributed by atoms with Gasteiger partial charge in [0, 0.05) is 5.56 Å². The van der Waals surface area contributed by atoms with Crippen molar-refractivity contribution in [1.82, 2.24) is 0 Å². The molecule has 3 heteroatoms. The van der Waals surface area contributed by atoms with Crippen LogP contribution in [0.3, 0.4) is 0 Å². The first-order valence-electron chi connectivity index (χ1n) is 6.24. The van der Waals surface area contributed by atoms with E-state index in [1.165, 1.54) is 0 Å². The fourth-order valence-electron chi connectivity index (χ4n) is 1.91. The Hall–Kier alpha value is -2.00. The number of hydrogen-bond acceptors (Lipinski definition) is 3. The van der Waals surface area contributed by atoms with Crippen molar-refractivity contribution in [2.45, 2.75) is 19.6 Å². The highest BCUT2D eigenvalue weighted by molar-refractivity contribution is 5.47. The molecule has 100 valence electrons. The molecule has 0 radical (unpaired) electrons. The molecule has 2 aromatic rings. The van der Waals surface area contributed by atoms with Gasteiger partial charge in [0.05, 0.1) is 13.2 Å². The maximum Gasteiger partial charge on any atom is 0.167 e. The molecule has 19 heavy (non-hydrogen) atoms. The molecule has 0 aromatic heterocycles. The average molecular weight is 258 g/mol. The van der Waals surface area contributed by atoms with Gasteiger partial charge in [-0.15, -0.1) is 0 Å². The molecule has 0 aliphatic heterocycles. The van der Waals surface area contributed by atoms with Crippen molar-refractivity contribution in [3.05, 3.63) is 59.7 Å². The summed E-state index contributed by atoms with van der Waals surface area (Å²) in [6, 6.07) is 15.4. The van der Waals surface area contributed by atoms with E-state index in [0.717, 1.165) is 11.1 Å². The first kappa shape index (κ1) is 13.4. The first-order valence-corrected chi connectivity index (χ1v) is 6.24. The SMILES string of the molecule is COc1cccc(C(C)O)c1OCc1ccccc1. The van der Waals surface area contributed by atoms with Gasteiger partial charge >= 0.3 is 0 Å². The fourth-order valence-corrected chi connectivity index (χ4v) is 1.91. The summed E-state index contributed by atoms with van der Waals surface area (Å²) in [6.07, 6.45) is -0.596. The van der Waals surface area contributed by atoms with E-state index in [9.17, 15) is 5.11 Å². The van der Waals surface area contributed by atoms with Crippen LogP contribution >= 0.6 is 0 Å². The molecule has 0 aliphatic rings. The maximum atomic E-state index is 9.79. The zero-order valence-corrected chi connectivity index (χ0v) is 11.2. The van der Waals surface area contributed by atoms with Gasteiger partial charge in [-0.2, -0.15) is 0 Å². The molecule has 0 aliphatic carbocycles. The van der Waals surface area contributed by atoms with Gasteiger partial charge in [0.15, 0.2) is 11.5 Å². The second-order valence-corrected chi connectivity index (χ2v) is 4.33. The normalized spacial score (nSPS) is 11.9. The summed E-state index contributed by atoms with van der Waals surface area (Å²) in [5, 5.41) is 9.79. The van der Waals surface area contributed by atoms with Crippen LogP contribution in [0.2, 0.25) is 0 Å². The summed E-state index contributed by atoms with van der Waals surface area (Å²) in [5.74, 6) is 1.23. The van der Waals surface area contributed by atoms with E-state index in [1.807, 2.05) is 48.5 Å². The van der Waals surface area contributed by atoms with Gasteiger partial charge < -0.3 is 14.6 Å². The largest absolute Gasteiger partial charge is 0.493 e. The van der Waals surface area contributed by atoms with Gasteiger partial charge in [-0.1, -0.05) is 42.5 Å². The summed E-state index contributed by atoms with van der Waals surface area (Å²) in [6.45, 7) is 2.16. The van der Waals surface area contributed by atoms with E-state index >= 15 is 0 Å². The lowest BCUT2D eigenvalue weighted by atomic mass is 10.1. The van der Waals surface area contributed by atoms with Crippen molar-refractivity contribution >= 4 is 0 Å². The smallest absolute Gasteiger partial charge is 0.167 e. The van der Waals surface area contributed by atoms with Gasteiger partial charge in [0.1, 0.15) is 6.61 Å². The minimum atomic E-state index is -0.596. The second kappa shape index (κ2) is 6.25. The number of methoxy groups -OCH3 is 1. The van der Waals surface area contributed by atoms with E-state index in [2.05, 4.69) is 0 Å². The van der Waals surface area contributed by atoms with Gasteiger partial charge in [-0.05, 0) is 18.6 Å². The van der Waals surface area contributed by atoms with Crippen LogP contribution in [0.25, 0.3) is 0 Å². The Kier molecular flexibility index (Phi) is 4.42. The molecule has 0 saturated heterocycles. The van der Waals surface area contributed by atoms with Gasteiger partial charge in [0.25, 0.3) is 0 Å². The van der Waals surface area contributed by atoms with Crippen molar-refractivity contribution in [3.63, 3.8) is 0 Å². The van der Waals surface area contributed by atoms with Crippen LogP contribution in [-0.2, 0) is 6.61 Å². The van der Waals surface area contributed by atoms with E-state index in [4.69, 9.17) is 9.47 Å². The number of hydrogen-bond donors (Lipinski definition) is 1. The Morgan fingerprint density at radius 3 is 2.42 bits per heavy atom. The first-order chi connectivity index (χ1) is 9.22. The lowest BCUT2D eigenvalue weighted by Gasteiger charge is -2.16. The van der Waals surface area contributed by atoms with Crippen molar-refractivity contribution in [3.8, 4) is 11.5 Å². The van der Waals surface area contributed by atoms with Crippen LogP contribution in [0.15, 0.2) is 48.5 Å². The number of benzene rings is 2. The number of aliphatic hydroxyl groups excluding tert-OH is 1. The van der Waals surface area contributed by atoms with Crippen molar-refractivity contribution < 1.29 is 14.6 Å². The Bertz CT molecular complexity index is 521. The standard InChI is InChI=1S/C16H18O3/c1-12(17)14-9-6-10-15(18-2)16(14)19-11-13-7-4-3-5-8-13/h3-10,12,17H,11H2,1-2H3. The molecule has 1 atom stereocenters. The van der Waals surface area contributed by atoms with Gasteiger partial charge in [0.2, 0.25) is 0 Å². The Balaban J connectivity index is 2.23. The summed E-state index contributed by atoms with van der Waals surface area (Å²) in [4.78, 5) is 0. The average Bonchev–Trinajstić information content (AvgIpc) is 2.45. The molecular weight excluding hydrogens is 240 g/mol. The van der Waals surface area contributed by atoms with E-state index in [1.54, 1.807) is 14.0 Å². The fraction of sp³-hybridized carbons (Fsp3) is 0.250. The Morgan fingerprint density at radius 2 is 1.79 bits per heavy atom. The minimum absolute atomic E-state index is 0.445. The molecule has 0 amide bonds. The molecule has 2 rings (SSSR count). The molecule has 1 N–H and O–H groups in total. The molecule has 0 saturated carbocycles. The molecule has 0 heterocycles. The highest BCUT2D eigenvalue weighted by Gasteiger charge is 2.14. The molecule has 0 spiro atoms. The quantitative estimate of drug-likeness (QED) is 0.894. The summed E-state index contributed by atoms with van der Waals surface area (Å²) < 4.78 is 11.1. The minimum Gasteiger partial charge on any atom is -0.493 e. The Labute approximate surface area is 113 Å². The molecule has 0 fully saturated rings. The van der Waals surface area contributed by atoms with Crippen LogP contribution in [0.5, 0.6) is 11.5 Å². The number of para-hydroxylation sites is 1. The Morgan fingerprint density at radius 1 is 1.05 bits per heavy atom. The van der Waals surface area contributed by atoms with E-state index in [0.29, 0.717) is 18.1 Å². The number of rotatable bonds is 5. The van der Waals surface area contributed by atoms with Crippen molar-refractivity contribution in [2.24, 2.45) is 0 Å². The van der Waals surface area contributed by atoms with Crippen LogP contribution in [0.1, 0.15) is 24.2 Å². The molecule has 3 nitrogen and oxygen atoms in total. The lowest BCUT2D eigenvalue weighted by molar-refractivity contribution is 0.188. The van der Waals surface area contributed by atoms with E-state index < -0.39 is 6.10 Å². The second-order valence-electron chi connectivity index (χ2n) is 4.33. The highest BCUT2D eigenvalue weighted by Crippen LogP contribution is 2.35. The van der Waals surface area contributed by atoms with Gasteiger partial charge in [-0.25, -0.2) is 0 Å².